The van der Waals surface area contributed by atoms with Crippen molar-refractivity contribution >= 4 is 11.8 Å². The number of allylic oxidation sites excluding steroid dienone is 4. The van der Waals surface area contributed by atoms with Gasteiger partial charge in [0.15, 0.2) is 11.0 Å². The Morgan fingerprint density at radius 1 is 1.24 bits per heavy atom. The van der Waals surface area contributed by atoms with Gasteiger partial charge >= 0.3 is 6.18 Å². The number of nitrogens with zero attached hydrogens (tertiary/aromatic N) is 6. The number of likely N-dealkylation sites (tertiary alicyclic amines) is 1. The van der Waals surface area contributed by atoms with Crippen LogP contribution in [0.2, 0.25) is 0 Å². The molecule has 6 nitrogen and oxygen atoms in total. The lowest BCUT2D eigenvalue weighted by atomic mass is 9.87. The molecule has 10 heteroatoms. The average Bonchev–Trinajstić information content (AvgIpc) is 3.06. The lowest BCUT2D eigenvalue weighted by Crippen LogP contribution is -2.24. The van der Waals surface area contributed by atoms with Crippen LogP contribution in [0.15, 0.2) is 41.4 Å². The lowest BCUT2D eigenvalue weighted by Gasteiger charge is -2.21. The van der Waals surface area contributed by atoms with E-state index in [4.69, 9.17) is 0 Å². The molecular formula is C23H29F3N6S. The zero-order valence-electron chi connectivity index (χ0n) is 18.9. The van der Waals surface area contributed by atoms with Gasteiger partial charge in [-0.2, -0.15) is 18.3 Å². The van der Waals surface area contributed by atoms with Crippen LogP contribution in [0.25, 0.3) is 11.4 Å². The summed E-state index contributed by atoms with van der Waals surface area (Å²) in [6, 6.07) is 0. The van der Waals surface area contributed by atoms with Crippen molar-refractivity contribution in [3.63, 3.8) is 0 Å². The number of aromatic nitrogens is 5. The van der Waals surface area contributed by atoms with E-state index >= 15 is 0 Å². The fourth-order valence-corrected chi connectivity index (χ4v) is 6.29. The summed E-state index contributed by atoms with van der Waals surface area (Å²) in [5.41, 5.74) is 0.793. The van der Waals surface area contributed by atoms with Gasteiger partial charge in [-0.3, -0.25) is 4.68 Å². The number of alkyl halides is 3. The molecule has 178 valence electrons. The maximum absolute atomic E-state index is 12.8. The molecule has 2 fully saturated rings. The number of halogens is 3. The SMILES string of the molecule is Cn1cc(-c2nnc(SCCCN3CCC4(CC4[C@@H]4C=CC(C(F)(F)F)=CC4)C3)n2C)cn1. The number of thioether (sulfide) groups is 1. The molecule has 1 aliphatic heterocycles. The molecule has 5 rings (SSSR count). The van der Waals surface area contributed by atoms with Gasteiger partial charge in [-0.25, -0.2) is 0 Å². The van der Waals surface area contributed by atoms with Crippen molar-refractivity contribution in [2.45, 2.75) is 37.0 Å². The maximum atomic E-state index is 12.8. The van der Waals surface area contributed by atoms with Gasteiger partial charge in [-0.05, 0) is 56.0 Å². The molecule has 2 aromatic heterocycles. The highest BCUT2D eigenvalue weighted by molar-refractivity contribution is 7.99. The lowest BCUT2D eigenvalue weighted by molar-refractivity contribution is -0.0887. The molecule has 1 saturated heterocycles. The third kappa shape index (κ3) is 4.64. The van der Waals surface area contributed by atoms with E-state index in [1.807, 2.05) is 30.9 Å². The summed E-state index contributed by atoms with van der Waals surface area (Å²) in [6.07, 6.45) is 7.89. The van der Waals surface area contributed by atoms with Gasteiger partial charge in [0.05, 0.1) is 17.3 Å². The van der Waals surface area contributed by atoms with E-state index in [9.17, 15) is 13.2 Å². The Labute approximate surface area is 195 Å². The summed E-state index contributed by atoms with van der Waals surface area (Å²) in [6.45, 7) is 3.22. The minimum absolute atomic E-state index is 0.261. The number of aryl methyl sites for hydroxylation is 1. The van der Waals surface area contributed by atoms with E-state index in [0.717, 1.165) is 54.8 Å². The monoisotopic (exact) mass is 478 g/mol. The Morgan fingerprint density at radius 3 is 2.79 bits per heavy atom. The van der Waals surface area contributed by atoms with Crippen LogP contribution in [-0.2, 0) is 14.1 Å². The van der Waals surface area contributed by atoms with Gasteiger partial charge in [0.2, 0.25) is 0 Å². The highest BCUT2D eigenvalue weighted by Gasteiger charge is 2.59. The second kappa shape index (κ2) is 8.61. The Hall–Kier alpha value is -2.07. The third-order valence-corrected chi connectivity index (χ3v) is 8.45. The van der Waals surface area contributed by atoms with Crippen LogP contribution in [0.3, 0.4) is 0 Å². The predicted molar refractivity (Wildman–Crippen MR) is 122 cm³/mol. The quantitative estimate of drug-likeness (QED) is 0.434. The average molecular weight is 479 g/mol. The van der Waals surface area contributed by atoms with Crippen LogP contribution in [0, 0.1) is 17.3 Å². The van der Waals surface area contributed by atoms with E-state index in [1.165, 1.54) is 18.6 Å². The predicted octanol–water partition coefficient (Wildman–Crippen LogP) is 4.47. The van der Waals surface area contributed by atoms with Crippen molar-refractivity contribution in [1.29, 1.82) is 0 Å². The van der Waals surface area contributed by atoms with Crippen molar-refractivity contribution in [2.75, 3.05) is 25.4 Å². The molecule has 1 spiro atoms. The van der Waals surface area contributed by atoms with Crippen LogP contribution in [-0.4, -0.2) is 61.0 Å². The van der Waals surface area contributed by atoms with E-state index in [-0.39, 0.29) is 5.92 Å². The molecular weight excluding hydrogens is 449 g/mol. The molecule has 33 heavy (non-hydrogen) atoms. The first-order valence-corrected chi connectivity index (χ1v) is 12.4. The summed E-state index contributed by atoms with van der Waals surface area (Å²) in [4.78, 5) is 2.53. The smallest absolute Gasteiger partial charge is 0.305 e. The second-order valence-corrected chi connectivity index (χ2v) is 10.6. The Kier molecular flexibility index (Phi) is 5.93. The largest absolute Gasteiger partial charge is 0.416 e. The molecule has 3 aliphatic rings. The van der Waals surface area contributed by atoms with Crippen LogP contribution in [0.1, 0.15) is 25.7 Å². The topological polar surface area (TPSA) is 51.8 Å². The van der Waals surface area contributed by atoms with Crippen molar-refractivity contribution in [2.24, 2.45) is 31.3 Å². The molecule has 0 N–H and O–H groups in total. The van der Waals surface area contributed by atoms with Gasteiger partial charge in [-0.1, -0.05) is 30.0 Å². The third-order valence-electron chi connectivity index (χ3n) is 7.34. The van der Waals surface area contributed by atoms with Crippen LogP contribution < -0.4 is 0 Å². The molecule has 1 saturated carbocycles. The van der Waals surface area contributed by atoms with E-state index < -0.39 is 11.7 Å². The molecule has 0 bridgehead atoms. The molecule has 2 unspecified atom stereocenters. The molecule has 2 aliphatic carbocycles. The van der Waals surface area contributed by atoms with E-state index in [1.54, 1.807) is 22.6 Å². The highest BCUT2D eigenvalue weighted by atomic mass is 32.2. The summed E-state index contributed by atoms with van der Waals surface area (Å²) in [5, 5.41) is 13.7. The zero-order chi connectivity index (χ0) is 23.2. The fraction of sp³-hybridized carbons (Fsp3) is 0.609. The van der Waals surface area contributed by atoms with Crippen molar-refractivity contribution < 1.29 is 13.2 Å². The first-order chi connectivity index (χ1) is 15.7. The minimum Gasteiger partial charge on any atom is -0.305 e. The van der Waals surface area contributed by atoms with Crippen LogP contribution >= 0.6 is 11.8 Å². The summed E-state index contributed by atoms with van der Waals surface area (Å²) in [5.74, 6) is 2.59. The van der Waals surface area contributed by atoms with Gasteiger partial charge in [0.1, 0.15) is 0 Å². The Balaban J connectivity index is 1.06. The molecule has 2 aromatic rings. The second-order valence-electron chi connectivity index (χ2n) is 9.58. The highest BCUT2D eigenvalue weighted by Crippen LogP contribution is 2.63. The molecule has 3 atom stereocenters. The molecule has 0 aromatic carbocycles. The number of rotatable bonds is 7. The summed E-state index contributed by atoms with van der Waals surface area (Å²) < 4.78 is 42.3. The van der Waals surface area contributed by atoms with Gasteiger partial charge < -0.3 is 9.47 Å². The van der Waals surface area contributed by atoms with Gasteiger partial charge in [0, 0.05) is 32.6 Å². The first kappa shape index (κ1) is 22.7. The van der Waals surface area contributed by atoms with Crippen molar-refractivity contribution in [1.82, 2.24) is 29.4 Å². The standard InChI is InChI=1S/C23H29F3N6S/c1-30-14-17(13-27-30)20-28-29-21(31(20)2)33-11-3-9-32-10-8-22(15-32)12-19(22)16-4-6-18(7-5-16)23(24,25)26/h4,6-7,13-14,16,19H,3,5,8-12,15H2,1-2H3/t16-,19?,22?/m1/s1. The molecule has 3 heterocycles. The van der Waals surface area contributed by atoms with Crippen LogP contribution in [0.5, 0.6) is 0 Å². The summed E-state index contributed by atoms with van der Waals surface area (Å²) in [7, 11) is 3.86. The van der Waals surface area contributed by atoms with Gasteiger partial charge in [-0.15, -0.1) is 10.2 Å². The van der Waals surface area contributed by atoms with E-state index in [0.29, 0.717) is 17.8 Å². The molecule has 0 radical (unpaired) electrons. The molecule has 0 amide bonds. The minimum atomic E-state index is -4.23. The number of hydrogen-bond donors (Lipinski definition) is 0. The normalized spacial score (nSPS) is 27.5. The van der Waals surface area contributed by atoms with Gasteiger partial charge in [0.25, 0.3) is 0 Å². The summed E-state index contributed by atoms with van der Waals surface area (Å²) >= 11 is 1.72. The number of hydrogen-bond acceptors (Lipinski definition) is 5. The van der Waals surface area contributed by atoms with Crippen LogP contribution in [0.4, 0.5) is 13.2 Å². The van der Waals surface area contributed by atoms with Crippen molar-refractivity contribution in [3.05, 3.63) is 36.2 Å². The zero-order valence-corrected chi connectivity index (χ0v) is 19.7. The first-order valence-electron chi connectivity index (χ1n) is 11.4. The van der Waals surface area contributed by atoms with Crippen molar-refractivity contribution in [3.8, 4) is 11.4 Å². The van der Waals surface area contributed by atoms with E-state index in [2.05, 4.69) is 20.2 Å². The maximum Gasteiger partial charge on any atom is 0.416 e. The Bertz CT molecular complexity index is 1070. The fourth-order valence-electron chi connectivity index (χ4n) is 5.45. The Morgan fingerprint density at radius 2 is 2.09 bits per heavy atom.